The van der Waals surface area contributed by atoms with Crippen molar-refractivity contribution in [3.8, 4) is 0 Å². The third-order valence-corrected chi connectivity index (χ3v) is 2.07. The number of nitrogens with one attached hydrogen (secondary N) is 2. The SMILES string of the molecule is O=C1NO[C@@H]2CNCC[C@H]12. The van der Waals surface area contributed by atoms with Gasteiger partial charge in [0, 0.05) is 6.54 Å². The largest absolute Gasteiger partial charge is 0.314 e. The molecule has 1 amide bonds. The van der Waals surface area contributed by atoms with Gasteiger partial charge in [0.05, 0.1) is 5.92 Å². The van der Waals surface area contributed by atoms with Gasteiger partial charge in [-0.3, -0.25) is 9.63 Å². The summed E-state index contributed by atoms with van der Waals surface area (Å²) in [5.74, 6) is 0.146. The molecule has 4 nitrogen and oxygen atoms in total. The number of amides is 1. The summed E-state index contributed by atoms with van der Waals surface area (Å²) in [4.78, 5) is 16.0. The Morgan fingerprint density at radius 2 is 2.50 bits per heavy atom. The lowest BCUT2D eigenvalue weighted by Gasteiger charge is -2.20. The summed E-state index contributed by atoms with van der Waals surface area (Å²) >= 11 is 0. The summed E-state index contributed by atoms with van der Waals surface area (Å²) in [6.07, 6.45) is 0.970. The highest BCUT2D eigenvalue weighted by atomic mass is 16.7. The molecule has 56 valence electrons. The number of carbonyl (C=O) groups is 1. The van der Waals surface area contributed by atoms with Crippen LogP contribution >= 0.6 is 0 Å². The molecule has 0 aliphatic carbocycles. The van der Waals surface area contributed by atoms with Crippen molar-refractivity contribution in [1.82, 2.24) is 10.8 Å². The van der Waals surface area contributed by atoms with Crippen LogP contribution in [0.1, 0.15) is 6.42 Å². The van der Waals surface area contributed by atoms with E-state index in [2.05, 4.69) is 10.8 Å². The van der Waals surface area contributed by atoms with Crippen molar-refractivity contribution >= 4 is 5.91 Å². The molecule has 2 rings (SSSR count). The lowest BCUT2D eigenvalue weighted by molar-refractivity contribution is -0.126. The molecule has 2 aliphatic heterocycles. The van der Waals surface area contributed by atoms with Crippen LogP contribution in [0.4, 0.5) is 0 Å². The molecule has 2 N–H and O–H groups in total. The number of piperidine rings is 1. The van der Waals surface area contributed by atoms with Gasteiger partial charge in [-0.2, -0.15) is 0 Å². The van der Waals surface area contributed by atoms with Crippen LogP contribution in [-0.4, -0.2) is 25.1 Å². The Balaban J connectivity index is 2.08. The Labute approximate surface area is 58.9 Å². The highest BCUT2D eigenvalue weighted by Crippen LogP contribution is 2.19. The van der Waals surface area contributed by atoms with Gasteiger partial charge in [0.1, 0.15) is 6.10 Å². The maximum absolute atomic E-state index is 10.9. The molecule has 2 heterocycles. The van der Waals surface area contributed by atoms with E-state index in [1.807, 2.05) is 0 Å². The van der Waals surface area contributed by atoms with Gasteiger partial charge in [0.15, 0.2) is 0 Å². The molecule has 0 aromatic carbocycles. The van der Waals surface area contributed by atoms with Crippen molar-refractivity contribution in [3.05, 3.63) is 0 Å². The molecule has 0 bridgehead atoms. The summed E-state index contributed by atoms with van der Waals surface area (Å²) in [5, 5.41) is 3.16. The van der Waals surface area contributed by atoms with Gasteiger partial charge in [0.2, 0.25) is 5.91 Å². The standard InChI is InChI=1S/C6H10N2O2/c9-6-4-1-2-7-3-5(4)10-8-6/h4-5,7H,1-3H2,(H,8,9)/t4-,5+/m0/s1. The van der Waals surface area contributed by atoms with Gasteiger partial charge in [-0.25, -0.2) is 5.48 Å². The highest BCUT2D eigenvalue weighted by Gasteiger charge is 2.37. The molecule has 0 spiro atoms. The third kappa shape index (κ3) is 0.803. The van der Waals surface area contributed by atoms with Crippen LogP contribution in [0.3, 0.4) is 0 Å². The molecule has 10 heavy (non-hydrogen) atoms. The summed E-state index contributed by atoms with van der Waals surface area (Å²) in [7, 11) is 0. The molecule has 0 radical (unpaired) electrons. The van der Waals surface area contributed by atoms with Crippen molar-refractivity contribution in [3.63, 3.8) is 0 Å². The quantitative estimate of drug-likeness (QED) is 0.457. The normalized spacial score (nSPS) is 39.0. The van der Waals surface area contributed by atoms with Gasteiger partial charge in [-0.15, -0.1) is 0 Å². The fourth-order valence-corrected chi connectivity index (χ4v) is 1.46. The summed E-state index contributed by atoms with van der Waals surface area (Å²) < 4.78 is 0. The highest BCUT2D eigenvalue weighted by molar-refractivity contribution is 5.79. The van der Waals surface area contributed by atoms with E-state index < -0.39 is 0 Å². The minimum Gasteiger partial charge on any atom is -0.314 e. The first kappa shape index (κ1) is 6.12. The molecule has 2 fully saturated rings. The molecule has 0 saturated carbocycles. The Kier molecular flexibility index (Phi) is 1.35. The third-order valence-electron chi connectivity index (χ3n) is 2.07. The van der Waals surface area contributed by atoms with E-state index in [4.69, 9.17) is 4.84 Å². The predicted octanol–water partition coefficient (Wildman–Crippen LogP) is -0.974. The van der Waals surface area contributed by atoms with Crippen LogP contribution in [0.25, 0.3) is 0 Å². The second kappa shape index (κ2) is 2.21. The first-order valence-corrected chi connectivity index (χ1v) is 3.54. The molecule has 2 saturated heterocycles. The zero-order valence-electron chi connectivity index (χ0n) is 5.59. The maximum atomic E-state index is 10.9. The average Bonchev–Trinajstić information content (AvgIpc) is 2.34. The fourth-order valence-electron chi connectivity index (χ4n) is 1.46. The smallest absolute Gasteiger partial charge is 0.249 e. The molecule has 2 atom stereocenters. The molecule has 2 aliphatic rings. The minimum atomic E-state index is 0.0477. The van der Waals surface area contributed by atoms with Crippen LogP contribution in [0.5, 0.6) is 0 Å². The van der Waals surface area contributed by atoms with Gasteiger partial charge in [0.25, 0.3) is 0 Å². The number of hydrogen-bond acceptors (Lipinski definition) is 3. The predicted molar refractivity (Wildman–Crippen MR) is 34.0 cm³/mol. The van der Waals surface area contributed by atoms with Crippen molar-refractivity contribution in [2.75, 3.05) is 13.1 Å². The summed E-state index contributed by atoms with van der Waals surface area (Å²) in [6.45, 7) is 1.72. The van der Waals surface area contributed by atoms with Crippen molar-refractivity contribution in [2.45, 2.75) is 12.5 Å². The average molecular weight is 142 g/mol. The zero-order chi connectivity index (χ0) is 6.97. The van der Waals surface area contributed by atoms with Crippen molar-refractivity contribution < 1.29 is 9.63 Å². The first-order chi connectivity index (χ1) is 4.88. The zero-order valence-corrected chi connectivity index (χ0v) is 5.59. The van der Waals surface area contributed by atoms with E-state index >= 15 is 0 Å². The van der Waals surface area contributed by atoms with E-state index in [0.717, 1.165) is 19.5 Å². The molecular weight excluding hydrogens is 132 g/mol. The van der Waals surface area contributed by atoms with E-state index in [9.17, 15) is 4.79 Å². The number of hydrogen-bond donors (Lipinski definition) is 2. The number of hydroxylamine groups is 1. The summed E-state index contributed by atoms with van der Waals surface area (Å²) in [5.41, 5.74) is 2.38. The monoisotopic (exact) mass is 142 g/mol. The second-order valence-electron chi connectivity index (χ2n) is 2.72. The molecule has 0 aromatic rings. The Bertz CT molecular complexity index is 160. The topological polar surface area (TPSA) is 50.4 Å². The van der Waals surface area contributed by atoms with E-state index in [-0.39, 0.29) is 17.9 Å². The molecular formula is C6H10N2O2. The molecule has 0 aromatic heterocycles. The first-order valence-electron chi connectivity index (χ1n) is 3.54. The number of carbonyl (C=O) groups excluding carboxylic acids is 1. The van der Waals surface area contributed by atoms with Gasteiger partial charge in [-0.1, -0.05) is 0 Å². The van der Waals surface area contributed by atoms with Crippen LogP contribution < -0.4 is 10.8 Å². The van der Waals surface area contributed by atoms with Crippen LogP contribution in [0.15, 0.2) is 0 Å². The van der Waals surface area contributed by atoms with Crippen LogP contribution in [0.2, 0.25) is 0 Å². The van der Waals surface area contributed by atoms with Crippen LogP contribution in [0, 0.1) is 5.92 Å². The van der Waals surface area contributed by atoms with Crippen LogP contribution in [-0.2, 0) is 9.63 Å². The Hall–Kier alpha value is -0.610. The van der Waals surface area contributed by atoms with E-state index in [0.29, 0.717) is 0 Å². The fraction of sp³-hybridized carbons (Fsp3) is 0.833. The number of rotatable bonds is 0. The van der Waals surface area contributed by atoms with Gasteiger partial charge in [-0.05, 0) is 13.0 Å². The van der Waals surface area contributed by atoms with Crippen molar-refractivity contribution in [2.24, 2.45) is 5.92 Å². The lowest BCUT2D eigenvalue weighted by atomic mass is 9.96. The van der Waals surface area contributed by atoms with Gasteiger partial charge < -0.3 is 5.32 Å². The van der Waals surface area contributed by atoms with Gasteiger partial charge >= 0.3 is 0 Å². The van der Waals surface area contributed by atoms with Crippen molar-refractivity contribution in [1.29, 1.82) is 0 Å². The number of fused-ring (bicyclic) bond motifs is 1. The molecule has 4 heteroatoms. The van der Waals surface area contributed by atoms with E-state index in [1.165, 1.54) is 0 Å². The Morgan fingerprint density at radius 1 is 1.60 bits per heavy atom. The second-order valence-corrected chi connectivity index (χ2v) is 2.72. The molecule has 0 unspecified atom stereocenters. The lowest BCUT2D eigenvalue weighted by Crippen LogP contribution is -2.40. The summed E-state index contributed by atoms with van der Waals surface area (Å²) in [6, 6.07) is 0. The minimum absolute atomic E-state index is 0.0477. The Morgan fingerprint density at radius 3 is 3.30 bits per heavy atom. The maximum Gasteiger partial charge on any atom is 0.249 e. The van der Waals surface area contributed by atoms with E-state index in [1.54, 1.807) is 0 Å².